The highest BCUT2D eigenvalue weighted by Crippen LogP contribution is 2.45. The number of hydrogen-bond acceptors (Lipinski definition) is 4. The molecule has 53 heavy (non-hydrogen) atoms. The molecule has 0 amide bonds. The molecular weight excluding hydrogens is 647 g/mol. The summed E-state index contributed by atoms with van der Waals surface area (Å²) in [5.74, 6) is 0. The topological polar surface area (TPSA) is 100 Å². The smallest absolute Gasteiger partial charge is 0.0998 e. The summed E-state index contributed by atoms with van der Waals surface area (Å²) in [6.45, 7) is 0. The van der Waals surface area contributed by atoms with Crippen LogP contribution in [-0.4, -0.2) is 4.57 Å². The Hall–Kier alpha value is -7.96. The third-order valence-corrected chi connectivity index (χ3v) is 10.1. The van der Waals surface area contributed by atoms with Crippen molar-refractivity contribution in [1.29, 1.82) is 21.0 Å². The third kappa shape index (κ3) is 4.90. The van der Waals surface area contributed by atoms with E-state index in [0.717, 1.165) is 65.7 Å². The molecule has 9 aromatic rings. The predicted molar refractivity (Wildman–Crippen MR) is 211 cm³/mol. The standard InChI is InChI=1S/C48H25N5/c49-26-30-14-19-44(53-45-20-15-31(27-50)23-42(45)43-24-32(28-51)16-21-46(43)53)41(22-30)36-18-17-34(25-35(36)29-52)48-39-12-6-4-10-37(39)47(33-8-2-1-3-9-33)38-11-5-7-13-40(38)48/h1-25H. The van der Waals surface area contributed by atoms with Crippen LogP contribution in [0.5, 0.6) is 0 Å². The highest BCUT2D eigenvalue weighted by atomic mass is 15.0. The molecule has 0 aliphatic carbocycles. The second-order valence-electron chi connectivity index (χ2n) is 12.9. The van der Waals surface area contributed by atoms with Gasteiger partial charge in [0.15, 0.2) is 0 Å². The molecule has 0 aliphatic rings. The summed E-state index contributed by atoms with van der Waals surface area (Å²) in [4.78, 5) is 0. The Labute approximate surface area is 305 Å². The lowest BCUT2D eigenvalue weighted by Gasteiger charge is -2.19. The molecule has 242 valence electrons. The molecule has 5 nitrogen and oxygen atoms in total. The molecule has 0 saturated heterocycles. The fraction of sp³-hybridized carbons (Fsp3) is 0. The van der Waals surface area contributed by atoms with E-state index >= 15 is 0 Å². The van der Waals surface area contributed by atoms with E-state index in [1.165, 1.54) is 5.56 Å². The summed E-state index contributed by atoms with van der Waals surface area (Å²) in [6, 6.07) is 59.1. The van der Waals surface area contributed by atoms with Crippen molar-refractivity contribution in [1.82, 2.24) is 4.57 Å². The minimum absolute atomic E-state index is 0.463. The molecule has 0 fully saturated rings. The normalized spacial score (nSPS) is 10.9. The average Bonchev–Trinajstić information content (AvgIpc) is 3.55. The van der Waals surface area contributed by atoms with Gasteiger partial charge in [0.25, 0.3) is 0 Å². The summed E-state index contributed by atoms with van der Waals surface area (Å²) in [5.41, 5.74) is 10.1. The maximum absolute atomic E-state index is 10.8. The predicted octanol–water partition coefficient (Wildman–Crippen LogP) is 11.6. The van der Waals surface area contributed by atoms with Crippen LogP contribution in [0.2, 0.25) is 0 Å². The fourth-order valence-corrected chi connectivity index (χ4v) is 7.82. The monoisotopic (exact) mass is 671 g/mol. The minimum Gasteiger partial charge on any atom is -0.309 e. The van der Waals surface area contributed by atoms with Crippen LogP contribution in [-0.2, 0) is 0 Å². The average molecular weight is 672 g/mol. The quantitative estimate of drug-likeness (QED) is 0.174. The molecule has 9 rings (SSSR count). The van der Waals surface area contributed by atoms with Gasteiger partial charge in [-0.1, -0.05) is 91.0 Å². The molecule has 0 bridgehead atoms. The van der Waals surface area contributed by atoms with Crippen molar-refractivity contribution in [3.63, 3.8) is 0 Å². The first kappa shape index (κ1) is 31.1. The first-order valence-corrected chi connectivity index (χ1v) is 17.1. The van der Waals surface area contributed by atoms with Crippen molar-refractivity contribution in [2.75, 3.05) is 0 Å². The molecule has 1 heterocycles. The van der Waals surface area contributed by atoms with Crippen LogP contribution in [0.4, 0.5) is 0 Å². The van der Waals surface area contributed by atoms with Gasteiger partial charge in [-0.3, -0.25) is 0 Å². The van der Waals surface area contributed by atoms with Crippen LogP contribution in [0.15, 0.2) is 152 Å². The maximum atomic E-state index is 10.8. The fourth-order valence-electron chi connectivity index (χ4n) is 7.82. The maximum Gasteiger partial charge on any atom is 0.0998 e. The Kier molecular flexibility index (Phi) is 7.28. The van der Waals surface area contributed by atoms with Crippen LogP contribution in [0.25, 0.3) is 82.4 Å². The molecule has 0 radical (unpaired) electrons. The summed E-state index contributed by atoms with van der Waals surface area (Å²) in [7, 11) is 0. The molecule has 8 aromatic carbocycles. The van der Waals surface area contributed by atoms with Crippen LogP contribution >= 0.6 is 0 Å². The first-order chi connectivity index (χ1) is 26.1. The van der Waals surface area contributed by atoms with Crippen molar-refractivity contribution >= 4 is 43.4 Å². The largest absolute Gasteiger partial charge is 0.309 e. The minimum atomic E-state index is 0.463. The molecule has 5 heteroatoms. The van der Waals surface area contributed by atoms with E-state index in [0.29, 0.717) is 33.4 Å². The lowest BCUT2D eigenvalue weighted by Crippen LogP contribution is -1.99. The van der Waals surface area contributed by atoms with Crippen molar-refractivity contribution in [3.8, 4) is 63.3 Å². The Morgan fingerprint density at radius 1 is 0.358 bits per heavy atom. The third-order valence-electron chi connectivity index (χ3n) is 10.1. The number of hydrogen-bond donors (Lipinski definition) is 0. The van der Waals surface area contributed by atoms with E-state index in [2.05, 4.69) is 108 Å². The molecule has 0 atom stereocenters. The van der Waals surface area contributed by atoms with Crippen molar-refractivity contribution in [2.45, 2.75) is 0 Å². The zero-order chi connectivity index (χ0) is 36.1. The molecule has 0 aliphatic heterocycles. The van der Waals surface area contributed by atoms with Crippen LogP contribution in [0.1, 0.15) is 22.3 Å². The Morgan fingerprint density at radius 2 is 0.849 bits per heavy atom. The van der Waals surface area contributed by atoms with E-state index in [1.807, 2.05) is 54.6 Å². The Bertz CT molecular complexity index is 3030. The Balaban J connectivity index is 1.31. The van der Waals surface area contributed by atoms with Gasteiger partial charge < -0.3 is 4.57 Å². The highest BCUT2D eigenvalue weighted by Gasteiger charge is 2.21. The van der Waals surface area contributed by atoms with Crippen molar-refractivity contribution in [2.24, 2.45) is 0 Å². The van der Waals surface area contributed by atoms with Crippen molar-refractivity contribution in [3.05, 3.63) is 174 Å². The van der Waals surface area contributed by atoms with E-state index in [-0.39, 0.29) is 0 Å². The van der Waals surface area contributed by atoms with Crippen LogP contribution in [0.3, 0.4) is 0 Å². The van der Waals surface area contributed by atoms with Crippen LogP contribution < -0.4 is 0 Å². The van der Waals surface area contributed by atoms with Gasteiger partial charge in [0, 0.05) is 21.9 Å². The molecule has 0 saturated carbocycles. The number of fused-ring (bicyclic) bond motifs is 5. The number of nitriles is 4. The summed E-state index contributed by atoms with van der Waals surface area (Å²) < 4.78 is 2.09. The second-order valence-corrected chi connectivity index (χ2v) is 12.9. The lowest BCUT2D eigenvalue weighted by atomic mass is 9.85. The summed E-state index contributed by atoms with van der Waals surface area (Å²) >= 11 is 0. The van der Waals surface area contributed by atoms with Gasteiger partial charge in [0.2, 0.25) is 0 Å². The van der Waals surface area contributed by atoms with Gasteiger partial charge >= 0.3 is 0 Å². The molecule has 0 unspecified atom stereocenters. The van der Waals surface area contributed by atoms with Crippen molar-refractivity contribution < 1.29 is 0 Å². The molecule has 1 aromatic heterocycles. The van der Waals surface area contributed by atoms with E-state index in [4.69, 9.17) is 0 Å². The Morgan fingerprint density at radius 3 is 1.38 bits per heavy atom. The lowest BCUT2D eigenvalue weighted by molar-refractivity contribution is 1.18. The first-order valence-electron chi connectivity index (χ1n) is 17.1. The van der Waals surface area contributed by atoms with E-state index in [9.17, 15) is 21.0 Å². The highest BCUT2D eigenvalue weighted by molar-refractivity contribution is 6.21. The summed E-state index contributed by atoms with van der Waals surface area (Å²) in [5, 5.41) is 46.4. The van der Waals surface area contributed by atoms with E-state index in [1.54, 1.807) is 18.2 Å². The number of rotatable bonds is 4. The number of benzene rings is 8. The van der Waals surface area contributed by atoms with E-state index < -0.39 is 0 Å². The van der Waals surface area contributed by atoms with Gasteiger partial charge in [-0.15, -0.1) is 0 Å². The zero-order valence-corrected chi connectivity index (χ0v) is 28.2. The second kappa shape index (κ2) is 12.4. The number of nitrogens with zero attached hydrogens (tertiary/aromatic N) is 5. The van der Waals surface area contributed by atoms with Gasteiger partial charge in [-0.2, -0.15) is 21.0 Å². The van der Waals surface area contributed by atoms with Crippen LogP contribution in [0, 0.1) is 45.3 Å². The molecule has 0 N–H and O–H groups in total. The zero-order valence-electron chi connectivity index (χ0n) is 28.2. The number of aromatic nitrogens is 1. The van der Waals surface area contributed by atoms with Gasteiger partial charge in [-0.05, 0) is 104 Å². The molecule has 0 spiro atoms. The van der Waals surface area contributed by atoms with Gasteiger partial charge in [0.05, 0.1) is 63.3 Å². The van der Waals surface area contributed by atoms with Gasteiger partial charge in [0.1, 0.15) is 0 Å². The SMILES string of the molecule is N#Cc1ccc(-n2c3ccc(C#N)cc3c3cc(C#N)ccc32)c(-c2ccc(-c3c4ccccc4c(-c4ccccc4)c4ccccc34)cc2C#N)c1. The molecular formula is C48H25N5. The summed E-state index contributed by atoms with van der Waals surface area (Å²) in [6.07, 6.45) is 0. The van der Waals surface area contributed by atoms with Gasteiger partial charge in [-0.25, -0.2) is 0 Å².